The summed E-state index contributed by atoms with van der Waals surface area (Å²) in [4.78, 5) is 31.3. The second-order valence-electron chi connectivity index (χ2n) is 6.22. The van der Waals surface area contributed by atoms with Gasteiger partial charge in [-0.15, -0.1) is 0 Å². The number of nitrogens with zero attached hydrogens (tertiary/aromatic N) is 2. The van der Waals surface area contributed by atoms with Gasteiger partial charge in [-0.1, -0.05) is 47.7 Å². The second kappa shape index (κ2) is 7.61. The number of thiazole rings is 1. The lowest BCUT2D eigenvalue weighted by molar-refractivity contribution is -0.130. The average Bonchev–Trinajstić information content (AvgIpc) is 3.09. The molecule has 1 N–H and O–H groups in total. The lowest BCUT2D eigenvalue weighted by Crippen LogP contribution is -2.43. The van der Waals surface area contributed by atoms with Crippen LogP contribution in [0.25, 0.3) is 10.4 Å². The Morgan fingerprint density at radius 3 is 3.04 bits per heavy atom. The Hall–Kier alpha value is -2.47. The fraction of sp³-hybridized carbons (Fsp3) is 0.316. The maximum Gasteiger partial charge on any atom is 0.245 e. The van der Waals surface area contributed by atoms with E-state index in [1.165, 1.54) is 23.0 Å². The van der Waals surface area contributed by atoms with Crippen LogP contribution >= 0.6 is 11.3 Å². The molecule has 0 bridgehead atoms. The van der Waals surface area contributed by atoms with Crippen molar-refractivity contribution in [3.05, 3.63) is 48.7 Å². The monoisotopic (exact) mass is 355 g/mol. The van der Waals surface area contributed by atoms with Crippen molar-refractivity contribution in [1.29, 1.82) is 0 Å². The van der Waals surface area contributed by atoms with Gasteiger partial charge in [0.15, 0.2) is 5.13 Å². The second-order valence-corrected chi connectivity index (χ2v) is 7.25. The third-order valence-corrected chi connectivity index (χ3v) is 5.28. The van der Waals surface area contributed by atoms with Gasteiger partial charge < -0.3 is 10.2 Å². The van der Waals surface area contributed by atoms with Gasteiger partial charge in [0.1, 0.15) is 0 Å². The molecular weight excluding hydrogens is 334 g/mol. The number of benzene rings is 1. The summed E-state index contributed by atoms with van der Waals surface area (Å²) < 4.78 is 0. The van der Waals surface area contributed by atoms with Crippen LogP contribution in [0.2, 0.25) is 0 Å². The summed E-state index contributed by atoms with van der Waals surface area (Å²) >= 11 is 1.46. The molecule has 25 heavy (non-hydrogen) atoms. The first-order valence-corrected chi connectivity index (χ1v) is 9.13. The number of rotatable bonds is 4. The van der Waals surface area contributed by atoms with Crippen molar-refractivity contribution >= 4 is 28.3 Å². The minimum Gasteiger partial charge on any atom is -0.338 e. The van der Waals surface area contributed by atoms with Crippen molar-refractivity contribution in [1.82, 2.24) is 9.88 Å². The zero-order chi connectivity index (χ0) is 17.8. The van der Waals surface area contributed by atoms with Crippen molar-refractivity contribution in [3.63, 3.8) is 0 Å². The molecule has 1 aliphatic heterocycles. The van der Waals surface area contributed by atoms with Crippen LogP contribution in [-0.4, -0.2) is 34.8 Å². The highest BCUT2D eigenvalue weighted by Gasteiger charge is 2.28. The van der Waals surface area contributed by atoms with E-state index in [0.717, 1.165) is 23.3 Å². The van der Waals surface area contributed by atoms with E-state index in [4.69, 9.17) is 0 Å². The highest BCUT2D eigenvalue weighted by atomic mass is 32.1. The molecule has 1 unspecified atom stereocenters. The highest BCUT2D eigenvalue weighted by molar-refractivity contribution is 7.19. The molecule has 6 heteroatoms. The zero-order valence-corrected chi connectivity index (χ0v) is 15.0. The summed E-state index contributed by atoms with van der Waals surface area (Å²) in [6, 6.07) is 8.19. The van der Waals surface area contributed by atoms with Crippen molar-refractivity contribution in [2.45, 2.75) is 19.8 Å². The molecule has 130 valence electrons. The first-order chi connectivity index (χ1) is 12.1. The Morgan fingerprint density at radius 1 is 1.44 bits per heavy atom. The minimum atomic E-state index is -0.205. The van der Waals surface area contributed by atoms with Crippen LogP contribution in [0.5, 0.6) is 0 Å². The maximum atomic E-state index is 12.5. The number of hydrogen-bond acceptors (Lipinski definition) is 4. The average molecular weight is 355 g/mol. The highest BCUT2D eigenvalue weighted by Crippen LogP contribution is 2.30. The number of piperidine rings is 1. The quantitative estimate of drug-likeness (QED) is 0.854. The van der Waals surface area contributed by atoms with E-state index in [1.807, 2.05) is 25.1 Å². The van der Waals surface area contributed by atoms with Crippen LogP contribution in [0, 0.1) is 12.8 Å². The predicted molar refractivity (Wildman–Crippen MR) is 100 cm³/mol. The van der Waals surface area contributed by atoms with Gasteiger partial charge in [0.25, 0.3) is 0 Å². The van der Waals surface area contributed by atoms with Crippen LogP contribution in [-0.2, 0) is 9.59 Å². The van der Waals surface area contributed by atoms with Crippen LogP contribution in [0.15, 0.2) is 43.1 Å². The van der Waals surface area contributed by atoms with Gasteiger partial charge >= 0.3 is 0 Å². The van der Waals surface area contributed by atoms with Crippen molar-refractivity contribution in [3.8, 4) is 10.4 Å². The van der Waals surface area contributed by atoms with Crippen LogP contribution in [0.3, 0.4) is 0 Å². The lowest BCUT2D eigenvalue weighted by atomic mass is 9.97. The largest absolute Gasteiger partial charge is 0.338 e. The fourth-order valence-electron chi connectivity index (χ4n) is 2.99. The van der Waals surface area contributed by atoms with E-state index < -0.39 is 0 Å². The van der Waals surface area contributed by atoms with E-state index in [2.05, 4.69) is 22.9 Å². The zero-order valence-electron chi connectivity index (χ0n) is 14.2. The predicted octanol–water partition coefficient (Wildman–Crippen LogP) is 3.48. The van der Waals surface area contributed by atoms with Gasteiger partial charge in [-0.05, 0) is 31.4 Å². The van der Waals surface area contributed by atoms with Crippen LogP contribution in [0.4, 0.5) is 5.13 Å². The first kappa shape index (κ1) is 17.4. The van der Waals surface area contributed by atoms with Gasteiger partial charge in [0.05, 0.1) is 10.8 Å². The molecular formula is C19H21N3O2S. The van der Waals surface area contributed by atoms with E-state index in [1.54, 1.807) is 11.1 Å². The lowest BCUT2D eigenvalue weighted by Gasteiger charge is -2.31. The summed E-state index contributed by atoms with van der Waals surface area (Å²) in [6.45, 7) is 6.68. The van der Waals surface area contributed by atoms with E-state index in [-0.39, 0.29) is 17.7 Å². The normalized spacial score (nSPS) is 17.2. The maximum absolute atomic E-state index is 12.5. The molecule has 2 heterocycles. The fourth-order valence-corrected chi connectivity index (χ4v) is 3.81. The van der Waals surface area contributed by atoms with E-state index in [9.17, 15) is 9.59 Å². The van der Waals surface area contributed by atoms with Crippen LogP contribution < -0.4 is 5.32 Å². The molecule has 1 aliphatic rings. The third-order valence-electron chi connectivity index (χ3n) is 4.32. The van der Waals surface area contributed by atoms with Crippen molar-refractivity contribution < 1.29 is 9.59 Å². The Morgan fingerprint density at radius 2 is 2.28 bits per heavy atom. The molecule has 1 atom stereocenters. The number of aryl methyl sites for hydroxylation is 1. The number of carbonyl (C=O) groups excluding carboxylic acids is 2. The number of likely N-dealkylation sites (tertiary alicyclic amines) is 1. The molecule has 1 aromatic heterocycles. The summed E-state index contributed by atoms with van der Waals surface area (Å²) in [5.41, 5.74) is 2.28. The molecule has 0 spiro atoms. The minimum absolute atomic E-state index is 0.0771. The summed E-state index contributed by atoms with van der Waals surface area (Å²) in [5.74, 6) is -0.399. The van der Waals surface area contributed by atoms with E-state index in [0.29, 0.717) is 18.2 Å². The van der Waals surface area contributed by atoms with Gasteiger partial charge in [0, 0.05) is 19.3 Å². The number of hydrogen-bond donors (Lipinski definition) is 1. The van der Waals surface area contributed by atoms with Gasteiger partial charge in [-0.25, -0.2) is 4.98 Å². The summed E-state index contributed by atoms with van der Waals surface area (Å²) in [5, 5.41) is 3.49. The molecule has 1 fully saturated rings. The molecule has 0 saturated carbocycles. The Labute approximate surface area is 151 Å². The Balaban J connectivity index is 1.65. The number of amides is 2. The first-order valence-electron chi connectivity index (χ1n) is 8.32. The van der Waals surface area contributed by atoms with Crippen molar-refractivity contribution in [2.24, 2.45) is 5.92 Å². The van der Waals surface area contributed by atoms with Crippen LogP contribution in [0.1, 0.15) is 18.4 Å². The number of carbonyl (C=O) groups is 2. The standard InChI is InChI=1S/C19H21N3O2S/c1-3-17(23)22-9-5-8-15(12-22)18(24)21-19-20-11-16(25-19)14-7-4-6-13(2)10-14/h3-4,6-7,10-11,15H,1,5,8-9,12H2,2H3,(H,20,21,24). The van der Waals surface area contributed by atoms with Gasteiger partial charge in [-0.3, -0.25) is 9.59 Å². The molecule has 2 amide bonds. The molecule has 0 aliphatic carbocycles. The summed E-state index contributed by atoms with van der Waals surface area (Å²) in [6.07, 6.45) is 4.69. The molecule has 2 aromatic rings. The van der Waals surface area contributed by atoms with E-state index >= 15 is 0 Å². The molecule has 0 radical (unpaired) electrons. The Kier molecular flexibility index (Phi) is 5.28. The molecule has 1 saturated heterocycles. The molecule has 1 aromatic carbocycles. The smallest absolute Gasteiger partial charge is 0.245 e. The Bertz CT molecular complexity index is 799. The number of nitrogens with one attached hydrogen (secondary N) is 1. The number of anilines is 1. The van der Waals surface area contributed by atoms with Gasteiger partial charge in [-0.2, -0.15) is 0 Å². The third kappa shape index (κ3) is 4.14. The number of aromatic nitrogens is 1. The molecule has 3 rings (SSSR count). The summed E-state index contributed by atoms with van der Waals surface area (Å²) in [7, 11) is 0. The SMILES string of the molecule is C=CC(=O)N1CCCC(C(=O)Nc2ncc(-c3cccc(C)c3)s2)C1. The van der Waals surface area contributed by atoms with Gasteiger partial charge in [0.2, 0.25) is 11.8 Å². The molecule has 5 nitrogen and oxygen atoms in total. The topological polar surface area (TPSA) is 62.3 Å². The van der Waals surface area contributed by atoms with Crippen molar-refractivity contribution in [2.75, 3.05) is 18.4 Å².